The van der Waals surface area contributed by atoms with E-state index in [1.54, 1.807) is 0 Å². The Morgan fingerprint density at radius 1 is 1.57 bits per heavy atom. The molecule has 0 saturated heterocycles. The summed E-state index contributed by atoms with van der Waals surface area (Å²) in [6.45, 7) is 0. The van der Waals surface area contributed by atoms with Crippen LogP contribution in [0.25, 0.3) is 0 Å². The lowest BCUT2D eigenvalue weighted by atomic mass is 10.2. The van der Waals surface area contributed by atoms with Gasteiger partial charge in [-0.2, -0.15) is 0 Å². The summed E-state index contributed by atoms with van der Waals surface area (Å²) < 4.78 is 4.38. The van der Waals surface area contributed by atoms with Crippen molar-refractivity contribution in [1.82, 2.24) is 0 Å². The lowest BCUT2D eigenvalue weighted by Gasteiger charge is -2.00. The molecule has 0 aromatic heterocycles. The third kappa shape index (κ3) is 2.00. The molecule has 0 fully saturated rings. The van der Waals surface area contributed by atoms with Gasteiger partial charge < -0.3 is 4.74 Å². The molecule has 0 aliphatic carbocycles. The molecule has 1 aromatic carbocycles. The van der Waals surface area contributed by atoms with Gasteiger partial charge in [0.1, 0.15) is 5.56 Å². The number of nitrogens with zero attached hydrogens (tertiary/aromatic N) is 1. The van der Waals surface area contributed by atoms with Gasteiger partial charge in [0.05, 0.1) is 12.0 Å². The highest BCUT2D eigenvalue weighted by atomic mass is 35.5. The second-order valence-electron chi connectivity index (χ2n) is 2.41. The van der Waals surface area contributed by atoms with Crippen LogP contribution in [0, 0.1) is 10.1 Å². The second-order valence-corrected chi connectivity index (χ2v) is 2.85. The smallest absolute Gasteiger partial charge is 0.344 e. The molecule has 74 valence electrons. The molecule has 0 heterocycles. The summed E-state index contributed by atoms with van der Waals surface area (Å²) in [5.41, 5.74) is -0.466. The molecule has 0 spiro atoms. The van der Waals surface area contributed by atoms with Crippen LogP contribution in [0.5, 0.6) is 0 Å². The van der Waals surface area contributed by atoms with Gasteiger partial charge in [-0.25, -0.2) is 4.79 Å². The van der Waals surface area contributed by atoms with Gasteiger partial charge >= 0.3 is 5.97 Å². The van der Waals surface area contributed by atoms with Gasteiger partial charge in [0, 0.05) is 11.1 Å². The Kier molecular flexibility index (Phi) is 3.03. The Hall–Kier alpha value is -1.62. The van der Waals surface area contributed by atoms with Gasteiger partial charge in [-0.05, 0) is 12.1 Å². The van der Waals surface area contributed by atoms with Gasteiger partial charge in [0.15, 0.2) is 0 Å². The molecular weight excluding hydrogens is 210 g/mol. The van der Waals surface area contributed by atoms with E-state index in [0.717, 1.165) is 13.2 Å². The average molecular weight is 216 g/mol. The van der Waals surface area contributed by atoms with Crippen molar-refractivity contribution in [2.45, 2.75) is 0 Å². The van der Waals surface area contributed by atoms with E-state index in [2.05, 4.69) is 4.74 Å². The Bertz CT molecular complexity index is 391. The molecule has 5 nitrogen and oxygen atoms in total. The van der Waals surface area contributed by atoms with Crippen molar-refractivity contribution in [3.05, 3.63) is 38.9 Å². The number of methoxy groups -OCH3 is 1. The minimum absolute atomic E-state index is 0.148. The van der Waals surface area contributed by atoms with Gasteiger partial charge in [0.2, 0.25) is 0 Å². The maximum atomic E-state index is 11.1. The first kappa shape index (κ1) is 10.5. The average Bonchev–Trinajstić information content (AvgIpc) is 2.16. The molecule has 0 saturated carbocycles. The van der Waals surface area contributed by atoms with Crippen molar-refractivity contribution in [2.75, 3.05) is 7.11 Å². The summed E-state index contributed by atoms with van der Waals surface area (Å²) in [5.74, 6) is -0.779. The van der Waals surface area contributed by atoms with Crippen LogP contribution in [0.3, 0.4) is 0 Å². The standard InChI is InChI=1S/C8H6ClNO4/c1-14-8(11)6-4-5(9)2-3-7(6)10(12)13/h2-4H,1H3. The van der Waals surface area contributed by atoms with Crippen molar-refractivity contribution >= 4 is 23.3 Å². The minimum Gasteiger partial charge on any atom is -0.465 e. The summed E-state index contributed by atoms with van der Waals surface area (Å²) in [6, 6.07) is 3.70. The lowest BCUT2D eigenvalue weighted by Crippen LogP contribution is -2.05. The zero-order valence-corrected chi connectivity index (χ0v) is 7.95. The van der Waals surface area contributed by atoms with Crippen molar-refractivity contribution in [2.24, 2.45) is 0 Å². The number of halogens is 1. The van der Waals surface area contributed by atoms with Crippen LogP contribution in [0.1, 0.15) is 10.4 Å². The first-order valence-electron chi connectivity index (χ1n) is 3.58. The molecule has 0 unspecified atom stereocenters. The zero-order valence-electron chi connectivity index (χ0n) is 7.19. The van der Waals surface area contributed by atoms with Crippen molar-refractivity contribution in [3.8, 4) is 0 Å². The number of nitro groups is 1. The highest BCUT2D eigenvalue weighted by Gasteiger charge is 2.20. The van der Waals surface area contributed by atoms with E-state index in [9.17, 15) is 14.9 Å². The number of carbonyl (C=O) groups excluding carboxylic acids is 1. The van der Waals surface area contributed by atoms with Crippen LogP contribution < -0.4 is 0 Å². The largest absolute Gasteiger partial charge is 0.465 e. The van der Waals surface area contributed by atoms with Crippen molar-refractivity contribution < 1.29 is 14.5 Å². The second kappa shape index (κ2) is 4.06. The van der Waals surface area contributed by atoms with Crippen LogP contribution in [0.4, 0.5) is 5.69 Å². The fourth-order valence-electron chi connectivity index (χ4n) is 0.941. The van der Waals surface area contributed by atoms with Gasteiger partial charge in [-0.3, -0.25) is 10.1 Å². The van der Waals surface area contributed by atoms with Crippen LogP contribution in [-0.2, 0) is 4.74 Å². The maximum absolute atomic E-state index is 11.1. The normalized spacial score (nSPS) is 9.57. The maximum Gasteiger partial charge on any atom is 0.344 e. The summed E-state index contributed by atoms with van der Waals surface area (Å²) >= 11 is 5.59. The summed E-state index contributed by atoms with van der Waals surface area (Å²) in [5, 5.41) is 10.8. The summed E-state index contributed by atoms with van der Waals surface area (Å²) in [7, 11) is 1.15. The molecule has 1 rings (SSSR count). The van der Waals surface area contributed by atoms with Crippen molar-refractivity contribution in [3.63, 3.8) is 0 Å². The number of rotatable bonds is 2. The number of hydrogen-bond acceptors (Lipinski definition) is 4. The molecule has 0 aliphatic rings. The number of hydrogen-bond donors (Lipinski definition) is 0. The van der Waals surface area contributed by atoms with E-state index >= 15 is 0 Å². The molecular formula is C8H6ClNO4. The number of benzene rings is 1. The molecule has 0 N–H and O–H groups in total. The van der Waals surface area contributed by atoms with E-state index in [4.69, 9.17) is 11.6 Å². The molecule has 0 radical (unpaired) electrons. The Morgan fingerprint density at radius 3 is 2.71 bits per heavy atom. The van der Waals surface area contributed by atoms with Crippen molar-refractivity contribution in [1.29, 1.82) is 0 Å². The third-order valence-electron chi connectivity index (χ3n) is 1.56. The number of carbonyl (C=O) groups is 1. The van der Waals surface area contributed by atoms with Crippen LogP contribution in [0.2, 0.25) is 5.02 Å². The first-order chi connectivity index (χ1) is 6.56. The fraction of sp³-hybridized carbons (Fsp3) is 0.125. The molecule has 1 aromatic rings. The molecule has 0 atom stereocenters. The molecule has 0 bridgehead atoms. The topological polar surface area (TPSA) is 69.4 Å². The fourth-order valence-corrected chi connectivity index (χ4v) is 1.11. The molecule has 0 aliphatic heterocycles. The van der Waals surface area contributed by atoms with Gasteiger partial charge in [-0.1, -0.05) is 11.6 Å². The Morgan fingerprint density at radius 2 is 2.21 bits per heavy atom. The summed E-state index contributed by atoms with van der Waals surface area (Å²) in [4.78, 5) is 20.9. The monoisotopic (exact) mass is 215 g/mol. The van der Waals surface area contributed by atoms with Crippen LogP contribution in [-0.4, -0.2) is 18.0 Å². The Balaban J connectivity index is 3.29. The molecule has 0 amide bonds. The number of nitro benzene ring substituents is 1. The van der Waals surface area contributed by atoms with E-state index < -0.39 is 10.9 Å². The predicted octanol–water partition coefficient (Wildman–Crippen LogP) is 2.03. The van der Waals surface area contributed by atoms with E-state index in [-0.39, 0.29) is 16.3 Å². The van der Waals surface area contributed by atoms with Crippen LogP contribution >= 0.6 is 11.6 Å². The Labute approximate surface area is 84.4 Å². The lowest BCUT2D eigenvalue weighted by molar-refractivity contribution is -0.385. The number of esters is 1. The number of ether oxygens (including phenoxy) is 1. The van der Waals surface area contributed by atoms with Crippen LogP contribution in [0.15, 0.2) is 18.2 Å². The van der Waals surface area contributed by atoms with E-state index in [0.29, 0.717) is 0 Å². The van der Waals surface area contributed by atoms with E-state index in [1.165, 1.54) is 12.1 Å². The highest BCUT2D eigenvalue weighted by Crippen LogP contribution is 2.23. The molecule has 14 heavy (non-hydrogen) atoms. The molecule has 6 heteroatoms. The predicted molar refractivity (Wildman–Crippen MR) is 49.4 cm³/mol. The van der Waals surface area contributed by atoms with Gasteiger partial charge in [-0.15, -0.1) is 0 Å². The highest BCUT2D eigenvalue weighted by molar-refractivity contribution is 6.31. The van der Waals surface area contributed by atoms with Gasteiger partial charge in [0.25, 0.3) is 5.69 Å². The van der Waals surface area contributed by atoms with E-state index in [1.807, 2.05) is 0 Å². The third-order valence-corrected chi connectivity index (χ3v) is 1.80. The first-order valence-corrected chi connectivity index (χ1v) is 3.96. The minimum atomic E-state index is -0.779. The SMILES string of the molecule is COC(=O)c1cc(Cl)ccc1[N+](=O)[O-]. The zero-order chi connectivity index (χ0) is 10.7. The summed E-state index contributed by atoms with van der Waals surface area (Å²) in [6.07, 6.45) is 0. The quantitative estimate of drug-likeness (QED) is 0.430.